The molecule has 1 aromatic rings. The predicted octanol–water partition coefficient (Wildman–Crippen LogP) is 0.195. The number of benzene rings is 1. The van der Waals surface area contributed by atoms with Crippen LogP contribution >= 0.6 is 0 Å². The van der Waals surface area contributed by atoms with E-state index in [1.165, 1.54) is 0 Å². The van der Waals surface area contributed by atoms with Crippen molar-refractivity contribution >= 4 is 11.9 Å². The van der Waals surface area contributed by atoms with Crippen LogP contribution in [0.15, 0.2) is 24.3 Å². The Morgan fingerprint density at radius 3 is 2.45 bits per heavy atom. The lowest BCUT2D eigenvalue weighted by molar-refractivity contribution is -0.145. The van der Waals surface area contributed by atoms with Crippen LogP contribution in [0.4, 0.5) is 0 Å². The number of carbonyl (C=O) groups is 2. The molecule has 6 nitrogen and oxygen atoms in total. The molecule has 1 amide bonds. The molecule has 1 unspecified atom stereocenters. The summed E-state index contributed by atoms with van der Waals surface area (Å²) in [5.74, 6) is -0.777. The number of carboxylic acids is 1. The first-order valence-electron chi connectivity index (χ1n) is 6.49. The SMILES string of the molecule is NC(Cc1ccc(O)cc1)C(=O)N1CC(CC(=O)O)C1. The Hall–Kier alpha value is -2.08. The van der Waals surface area contributed by atoms with Gasteiger partial charge in [-0.2, -0.15) is 0 Å². The van der Waals surface area contributed by atoms with Crippen LogP contribution in [-0.4, -0.2) is 46.1 Å². The third-order valence-corrected chi connectivity index (χ3v) is 3.44. The number of likely N-dealkylation sites (tertiary alicyclic amines) is 1. The van der Waals surface area contributed by atoms with E-state index in [9.17, 15) is 14.7 Å². The van der Waals surface area contributed by atoms with Gasteiger partial charge in [0.2, 0.25) is 5.91 Å². The number of amides is 1. The minimum Gasteiger partial charge on any atom is -0.508 e. The Bertz CT molecular complexity index is 494. The molecule has 0 bridgehead atoms. The average Bonchev–Trinajstić information content (AvgIpc) is 2.35. The minimum atomic E-state index is -0.838. The molecule has 0 aromatic heterocycles. The third kappa shape index (κ3) is 3.48. The molecule has 6 heteroatoms. The molecule has 4 N–H and O–H groups in total. The van der Waals surface area contributed by atoms with Crippen LogP contribution in [0.5, 0.6) is 5.75 Å². The largest absolute Gasteiger partial charge is 0.508 e. The number of phenols is 1. The van der Waals surface area contributed by atoms with E-state index in [1.54, 1.807) is 29.2 Å². The van der Waals surface area contributed by atoms with Crippen molar-refractivity contribution in [1.29, 1.82) is 0 Å². The smallest absolute Gasteiger partial charge is 0.303 e. The molecule has 108 valence electrons. The maximum Gasteiger partial charge on any atom is 0.303 e. The van der Waals surface area contributed by atoms with Gasteiger partial charge in [-0.15, -0.1) is 0 Å². The lowest BCUT2D eigenvalue weighted by Gasteiger charge is -2.39. The van der Waals surface area contributed by atoms with Crippen molar-refractivity contribution in [3.8, 4) is 5.75 Å². The van der Waals surface area contributed by atoms with Gasteiger partial charge in [0.05, 0.1) is 12.5 Å². The predicted molar refractivity (Wildman–Crippen MR) is 72.1 cm³/mol. The van der Waals surface area contributed by atoms with Gasteiger partial charge in [0.25, 0.3) is 0 Å². The van der Waals surface area contributed by atoms with Crippen LogP contribution in [0.3, 0.4) is 0 Å². The number of phenolic OH excluding ortho intramolecular Hbond substituents is 1. The zero-order valence-electron chi connectivity index (χ0n) is 11.0. The van der Waals surface area contributed by atoms with Gasteiger partial charge in [-0.25, -0.2) is 0 Å². The summed E-state index contributed by atoms with van der Waals surface area (Å²) in [6.45, 7) is 0.933. The van der Waals surface area contributed by atoms with Gasteiger partial charge in [0.1, 0.15) is 5.75 Å². The lowest BCUT2D eigenvalue weighted by atomic mass is 9.94. The second-order valence-corrected chi connectivity index (χ2v) is 5.18. The number of carboxylic acid groups (broad SMARTS) is 1. The highest BCUT2D eigenvalue weighted by Crippen LogP contribution is 2.20. The molecule has 0 radical (unpaired) electrons. The van der Waals surface area contributed by atoms with E-state index in [0.717, 1.165) is 5.56 Å². The number of hydrogen-bond donors (Lipinski definition) is 3. The molecule has 1 saturated heterocycles. The Balaban J connectivity index is 1.81. The van der Waals surface area contributed by atoms with Crippen LogP contribution < -0.4 is 5.73 Å². The summed E-state index contributed by atoms with van der Waals surface area (Å²) in [5.41, 5.74) is 6.76. The van der Waals surface area contributed by atoms with E-state index in [2.05, 4.69) is 0 Å². The fraction of sp³-hybridized carbons (Fsp3) is 0.429. The van der Waals surface area contributed by atoms with Gasteiger partial charge in [0, 0.05) is 19.0 Å². The molecular weight excluding hydrogens is 260 g/mol. The van der Waals surface area contributed by atoms with Crippen molar-refractivity contribution in [2.24, 2.45) is 11.7 Å². The third-order valence-electron chi connectivity index (χ3n) is 3.44. The van der Waals surface area contributed by atoms with Crippen molar-refractivity contribution in [3.63, 3.8) is 0 Å². The maximum absolute atomic E-state index is 12.0. The zero-order valence-corrected chi connectivity index (χ0v) is 11.0. The lowest BCUT2D eigenvalue weighted by Crippen LogP contribution is -2.56. The first-order valence-corrected chi connectivity index (χ1v) is 6.49. The number of carbonyl (C=O) groups excluding carboxylic acids is 1. The standard InChI is InChI=1S/C14H18N2O4/c15-12(5-9-1-3-11(17)4-2-9)14(20)16-7-10(8-16)6-13(18)19/h1-4,10,12,17H,5-8,15H2,(H,18,19). The van der Waals surface area contributed by atoms with Gasteiger partial charge >= 0.3 is 5.97 Å². The van der Waals surface area contributed by atoms with Gasteiger partial charge in [-0.1, -0.05) is 12.1 Å². The normalized spacial score (nSPS) is 16.6. The number of rotatable bonds is 5. The highest BCUT2D eigenvalue weighted by atomic mass is 16.4. The van der Waals surface area contributed by atoms with Crippen molar-refractivity contribution in [2.45, 2.75) is 18.9 Å². The zero-order chi connectivity index (χ0) is 14.7. The van der Waals surface area contributed by atoms with Gasteiger partial charge in [-0.3, -0.25) is 9.59 Å². The number of nitrogens with two attached hydrogens (primary N) is 1. The second kappa shape index (κ2) is 5.92. The van der Waals surface area contributed by atoms with Crippen LogP contribution in [0.25, 0.3) is 0 Å². The minimum absolute atomic E-state index is 0.0392. The van der Waals surface area contributed by atoms with E-state index in [1.807, 2.05) is 0 Å². The van der Waals surface area contributed by atoms with E-state index >= 15 is 0 Å². The number of nitrogens with zero attached hydrogens (tertiary/aromatic N) is 1. The fourth-order valence-corrected chi connectivity index (χ4v) is 2.33. The number of aliphatic carboxylic acids is 1. The molecule has 1 heterocycles. The van der Waals surface area contributed by atoms with Crippen LogP contribution in [0.2, 0.25) is 0 Å². The quantitative estimate of drug-likeness (QED) is 0.713. The van der Waals surface area contributed by atoms with Gasteiger partial charge in [-0.05, 0) is 24.1 Å². The van der Waals surface area contributed by atoms with Crippen molar-refractivity contribution in [1.82, 2.24) is 4.90 Å². The molecule has 20 heavy (non-hydrogen) atoms. The Morgan fingerprint density at radius 1 is 1.30 bits per heavy atom. The van der Waals surface area contributed by atoms with Crippen molar-refractivity contribution < 1.29 is 19.8 Å². The average molecular weight is 278 g/mol. The van der Waals surface area contributed by atoms with E-state index in [4.69, 9.17) is 10.8 Å². The summed E-state index contributed by atoms with van der Waals surface area (Å²) < 4.78 is 0. The molecule has 0 saturated carbocycles. The monoisotopic (exact) mass is 278 g/mol. The molecule has 1 fully saturated rings. The van der Waals surface area contributed by atoms with Crippen LogP contribution in [0.1, 0.15) is 12.0 Å². The molecule has 2 rings (SSSR count). The van der Waals surface area contributed by atoms with Gasteiger partial charge in [0.15, 0.2) is 0 Å². The molecule has 1 atom stereocenters. The number of hydrogen-bond acceptors (Lipinski definition) is 4. The first kappa shape index (κ1) is 14.3. The summed E-state index contributed by atoms with van der Waals surface area (Å²) in [7, 11) is 0. The fourth-order valence-electron chi connectivity index (χ4n) is 2.33. The Morgan fingerprint density at radius 2 is 1.90 bits per heavy atom. The highest BCUT2D eigenvalue weighted by molar-refractivity contribution is 5.83. The number of aromatic hydroxyl groups is 1. The van der Waals surface area contributed by atoms with E-state index < -0.39 is 12.0 Å². The van der Waals surface area contributed by atoms with Crippen molar-refractivity contribution in [3.05, 3.63) is 29.8 Å². The molecule has 0 aliphatic carbocycles. The summed E-state index contributed by atoms with van der Waals surface area (Å²) in [4.78, 5) is 24.2. The molecular formula is C14H18N2O4. The second-order valence-electron chi connectivity index (χ2n) is 5.18. The summed E-state index contributed by atoms with van der Waals surface area (Å²) in [6, 6.07) is 5.93. The maximum atomic E-state index is 12.0. The molecule has 1 aromatic carbocycles. The van der Waals surface area contributed by atoms with Crippen LogP contribution in [0, 0.1) is 5.92 Å². The molecule has 0 spiro atoms. The Kier molecular flexibility index (Phi) is 4.24. The van der Waals surface area contributed by atoms with Gasteiger partial charge < -0.3 is 20.8 Å². The summed E-state index contributed by atoms with van der Waals surface area (Å²) in [5, 5.41) is 17.8. The van der Waals surface area contributed by atoms with E-state index in [0.29, 0.717) is 19.5 Å². The van der Waals surface area contributed by atoms with Crippen LogP contribution in [-0.2, 0) is 16.0 Å². The highest BCUT2D eigenvalue weighted by Gasteiger charge is 2.34. The topological polar surface area (TPSA) is 104 Å². The first-order chi connectivity index (χ1) is 9.45. The Labute approximate surface area is 116 Å². The molecule has 1 aliphatic rings. The summed E-state index contributed by atoms with van der Waals surface area (Å²) >= 11 is 0. The summed E-state index contributed by atoms with van der Waals surface area (Å²) in [6.07, 6.45) is 0.496. The molecule has 1 aliphatic heterocycles. The van der Waals surface area contributed by atoms with E-state index in [-0.39, 0.29) is 24.0 Å². The van der Waals surface area contributed by atoms with Crippen molar-refractivity contribution in [2.75, 3.05) is 13.1 Å².